The van der Waals surface area contributed by atoms with Gasteiger partial charge in [-0.15, -0.1) is 0 Å². The Hall–Kier alpha value is -2.04. The van der Waals surface area contributed by atoms with E-state index in [0.717, 1.165) is 47.0 Å². The molecule has 4 rings (SSSR count). The molecule has 0 unspecified atom stereocenters. The van der Waals surface area contributed by atoms with Crippen molar-refractivity contribution < 1.29 is 18.9 Å². The van der Waals surface area contributed by atoms with Gasteiger partial charge in [-0.25, -0.2) is 0 Å². The molecule has 2 atom stereocenters. The third kappa shape index (κ3) is 3.87. The lowest BCUT2D eigenvalue weighted by atomic mass is 9.96. The summed E-state index contributed by atoms with van der Waals surface area (Å²) in [4.78, 5) is 0. The smallest absolute Gasteiger partial charge is 0.125 e. The summed E-state index contributed by atoms with van der Waals surface area (Å²) < 4.78 is 22.4. The van der Waals surface area contributed by atoms with E-state index >= 15 is 0 Å². The van der Waals surface area contributed by atoms with Gasteiger partial charge in [-0.2, -0.15) is 0 Å². The van der Waals surface area contributed by atoms with Crippen LogP contribution in [-0.4, -0.2) is 38.6 Å². The number of hydrogen-bond acceptors (Lipinski definition) is 4. The van der Waals surface area contributed by atoms with Crippen molar-refractivity contribution in [1.29, 1.82) is 0 Å². The van der Waals surface area contributed by atoms with Crippen molar-refractivity contribution in [3.8, 4) is 22.6 Å². The van der Waals surface area contributed by atoms with Crippen LogP contribution in [0, 0.1) is 27.7 Å². The van der Waals surface area contributed by atoms with Crippen molar-refractivity contribution in [3.05, 3.63) is 46.5 Å². The van der Waals surface area contributed by atoms with E-state index in [1.165, 1.54) is 11.1 Å². The molecular weight excluding hydrogens is 328 g/mol. The highest BCUT2D eigenvalue weighted by Crippen LogP contribution is 2.34. The minimum Gasteiger partial charge on any atom is -0.490 e. The molecule has 0 bridgehead atoms. The molecular formula is C22H26O4. The normalized spacial score (nSPS) is 20.8. The van der Waals surface area contributed by atoms with Crippen LogP contribution in [0.3, 0.4) is 0 Å². The third-order valence-electron chi connectivity index (χ3n) is 4.89. The van der Waals surface area contributed by atoms with Gasteiger partial charge in [0.1, 0.15) is 36.9 Å². The Morgan fingerprint density at radius 1 is 0.692 bits per heavy atom. The predicted molar refractivity (Wildman–Crippen MR) is 101 cm³/mol. The molecule has 2 saturated heterocycles. The largest absolute Gasteiger partial charge is 0.490 e. The molecule has 4 heteroatoms. The van der Waals surface area contributed by atoms with E-state index in [2.05, 4.69) is 52.0 Å². The first-order valence-electron chi connectivity index (χ1n) is 9.23. The monoisotopic (exact) mass is 354 g/mol. The summed E-state index contributed by atoms with van der Waals surface area (Å²) in [6.45, 7) is 11.3. The lowest BCUT2D eigenvalue weighted by Gasteiger charge is -2.16. The van der Waals surface area contributed by atoms with Crippen LogP contribution in [0.25, 0.3) is 11.1 Å². The van der Waals surface area contributed by atoms with Gasteiger partial charge in [0.05, 0.1) is 13.2 Å². The molecule has 0 saturated carbocycles. The van der Waals surface area contributed by atoms with E-state index < -0.39 is 0 Å². The van der Waals surface area contributed by atoms with Gasteiger partial charge in [-0.05, 0) is 85.3 Å². The topological polar surface area (TPSA) is 43.5 Å². The summed E-state index contributed by atoms with van der Waals surface area (Å²) in [6, 6.07) is 8.79. The first-order chi connectivity index (χ1) is 12.5. The van der Waals surface area contributed by atoms with Crippen LogP contribution in [0.1, 0.15) is 22.3 Å². The average Bonchev–Trinajstić information content (AvgIpc) is 3.47. The molecule has 4 nitrogen and oxygen atoms in total. The summed E-state index contributed by atoms with van der Waals surface area (Å²) >= 11 is 0. The molecule has 0 aromatic heterocycles. The van der Waals surface area contributed by atoms with Crippen molar-refractivity contribution in [3.63, 3.8) is 0 Å². The molecule has 2 aromatic carbocycles. The lowest BCUT2D eigenvalue weighted by molar-refractivity contribution is 0.260. The SMILES string of the molecule is Cc1cc(-c2cc(C)c(OC[C@H]3CO3)c(C)c2)cc(C)c1OC[C@H]1CO1. The Morgan fingerprint density at radius 2 is 1.00 bits per heavy atom. The standard InChI is InChI=1S/C22H26O4/c1-13-5-17(6-14(2)21(13)25-11-19-9-23-19)18-7-15(3)22(16(4)8-18)26-12-20-10-24-20/h5-8,19-20H,9-12H2,1-4H3/t19-,20-/m1/s1. The van der Waals surface area contributed by atoms with Gasteiger partial charge >= 0.3 is 0 Å². The number of rotatable bonds is 7. The van der Waals surface area contributed by atoms with E-state index in [9.17, 15) is 0 Å². The quantitative estimate of drug-likeness (QED) is 0.701. The van der Waals surface area contributed by atoms with E-state index in [4.69, 9.17) is 18.9 Å². The molecule has 2 fully saturated rings. The second-order valence-corrected chi connectivity index (χ2v) is 7.41. The van der Waals surface area contributed by atoms with Gasteiger partial charge in [0.25, 0.3) is 0 Å². The van der Waals surface area contributed by atoms with E-state index in [1.54, 1.807) is 0 Å². The molecule has 26 heavy (non-hydrogen) atoms. The van der Waals surface area contributed by atoms with E-state index in [1.807, 2.05) is 0 Å². The fourth-order valence-electron chi connectivity index (χ4n) is 3.37. The lowest BCUT2D eigenvalue weighted by Crippen LogP contribution is -2.07. The van der Waals surface area contributed by atoms with Crippen LogP contribution < -0.4 is 9.47 Å². The zero-order valence-electron chi connectivity index (χ0n) is 15.9. The number of ether oxygens (including phenoxy) is 4. The Bertz CT molecular complexity index is 703. The molecule has 2 aliphatic rings. The number of benzene rings is 2. The first-order valence-corrected chi connectivity index (χ1v) is 9.23. The highest BCUT2D eigenvalue weighted by molar-refractivity contribution is 5.70. The van der Waals surface area contributed by atoms with Crippen molar-refractivity contribution in [2.45, 2.75) is 39.9 Å². The van der Waals surface area contributed by atoms with Crippen molar-refractivity contribution >= 4 is 0 Å². The van der Waals surface area contributed by atoms with E-state index in [-0.39, 0.29) is 12.2 Å². The van der Waals surface area contributed by atoms with Gasteiger partial charge in [0.15, 0.2) is 0 Å². The van der Waals surface area contributed by atoms with Gasteiger partial charge in [-0.3, -0.25) is 0 Å². The van der Waals surface area contributed by atoms with E-state index in [0.29, 0.717) is 13.2 Å². The highest BCUT2D eigenvalue weighted by Gasteiger charge is 2.25. The maximum atomic E-state index is 5.95. The van der Waals surface area contributed by atoms with Crippen LogP contribution in [0.5, 0.6) is 11.5 Å². The minimum atomic E-state index is 0.271. The molecule has 138 valence electrons. The predicted octanol–water partition coefficient (Wildman–Crippen LogP) is 4.14. The Morgan fingerprint density at radius 3 is 1.27 bits per heavy atom. The summed E-state index contributed by atoms with van der Waals surface area (Å²) in [5.74, 6) is 1.95. The molecule has 2 aliphatic heterocycles. The van der Waals surface area contributed by atoms with Crippen LogP contribution in [0.2, 0.25) is 0 Å². The Kier molecular flexibility index (Phi) is 4.63. The van der Waals surface area contributed by atoms with Gasteiger partial charge in [0.2, 0.25) is 0 Å². The molecule has 2 heterocycles. The van der Waals surface area contributed by atoms with Crippen LogP contribution >= 0.6 is 0 Å². The van der Waals surface area contributed by atoms with Crippen LogP contribution in [0.15, 0.2) is 24.3 Å². The highest BCUT2D eigenvalue weighted by atomic mass is 16.6. The Labute approximate surface area is 155 Å². The molecule has 2 aromatic rings. The zero-order valence-corrected chi connectivity index (χ0v) is 15.9. The fourth-order valence-corrected chi connectivity index (χ4v) is 3.37. The Balaban J connectivity index is 1.57. The molecule has 0 N–H and O–H groups in total. The fraction of sp³-hybridized carbons (Fsp3) is 0.455. The number of hydrogen-bond donors (Lipinski definition) is 0. The minimum absolute atomic E-state index is 0.271. The maximum absolute atomic E-state index is 5.95. The van der Waals surface area contributed by atoms with Crippen LogP contribution in [0.4, 0.5) is 0 Å². The molecule has 0 spiro atoms. The summed E-state index contributed by atoms with van der Waals surface area (Å²) in [5, 5.41) is 0. The zero-order chi connectivity index (χ0) is 18.3. The number of aryl methyl sites for hydroxylation is 4. The second-order valence-electron chi connectivity index (χ2n) is 7.41. The van der Waals surface area contributed by atoms with Gasteiger partial charge in [0, 0.05) is 0 Å². The number of epoxide rings is 2. The summed E-state index contributed by atoms with van der Waals surface area (Å²) in [6.07, 6.45) is 0.541. The second kappa shape index (κ2) is 6.93. The molecule has 0 aliphatic carbocycles. The van der Waals surface area contributed by atoms with Gasteiger partial charge in [-0.1, -0.05) is 0 Å². The van der Waals surface area contributed by atoms with Crippen molar-refractivity contribution in [2.24, 2.45) is 0 Å². The maximum Gasteiger partial charge on any atom is 0.125 e. The van der Waals surface area contributed by atoms with Crippen molar-refractivity contribution in [1.82, 2.24) is 0 Å². The van der Waals surface area contributed by atoms with Crippen molar-refractivity contribution in [2.75, 3.05) is 26.4 Å². The average molecular weight is 354 g/mol. The first kappa shape index (κ1) is 17.4. The van der Waals surface area contributed by atoms with Crippen LogP contribution in [-0.2, 0) is 9.47 Å². The van der Waals surface area contributed by atoms with Gasteiger partial charge < -0.3 is 18.9 Å². The third-order valence-corrected chi connectivity index (χ3v) is 4.89. The summed E-state index contributed by atoms with van der Waals surface area (Å²) in [7, 11) is 0. The summed E-state index contributed by atoms with van der Waals surface area (Å²) in [5.41, 5.74) is 7.03. The molecule has 0 radical (unpaired) electrons. The molecule has 0 amide bonds.